The Labute approximate surface area is 113 Å². The van der Waals surface area contributed by atoms with Crippen LogP contribution >= 0.6 is 0 Å². The number of aliphatic carboxylic acids is 1. The van der Waals surface area contributed by atoms with E-state index in [0.29, 0.717) is 19.4 Å². The van der Waals surface area contributed by atoms with Gasteiger partial charge in [0.05, 0.1) is 5.92 Å². The Morgan fingerprint density at radius 3 is 2.53 bits per heavy atom. The van der Waals surface area contributed by atoms with Crippen molar-refractivity contribution in [2.45, 2.75) is 64.0 Å². The van der Waals surface area contributed by atoms with Crippen molar-refractivity contribution in [3.8, 4) is 0 Å². The summed E-state index contributed by atoms with van der Waals surface area (Å²) in [7, 11) is 0. The quantitative estimate of drug-likeness (QED) is 0.794. The monoisotopic (exact) mass is 269 g/mol. The highest BCUT2D eigenvalue weighted by Gasteiger charge is 2.51. The van der Waals surface area contributed by atoms with Crippen molar-refractivity contribution in [2.75, 3.05) is 6.54 Å². The van der Waals surface area contributed by atoms with E-state index in [1.807, 2.05) is 20.8 Å². The number of carbonyl (C=O) groups is 2. The molecule has 1 heterocycles. The van der Waals surface area contributed by atoms with Crippen molar-refractivity contribution in [2.24, 2.45) is 5.92 Å². The maximum absolute atomic E-state index is 12.3. The molecule has 0 radical (unpaired) electrons. The molecule has 1 amide bonds. The second-order valence-electron chi connectivity index (χ2n) is 6.74. The summed E-state index contributed by atoms with van der Waals surface area (Å²) in [6.07, 6.45) is 3.55. The molecule has 2 aliphatic rings. The summed E-state index contributed by atoms with van der Waals surface area (Å²) in [6, 6.07) is 0. The van der Waals surface area contributed by atoms with Gasteiger partial charge in [0.25, 0.3) is 0 Å². The summed E-state index contributed by atoms with van der Waals surface area (Å²) in [5.74, 6) is -1.06. The molecule has 1 saturated carbocycles. The number of hydrogen-bond donors (Lipinski definition) is 1. The Morgan fingerprint density at radius 2 is 2.00 bits per heavy atom. The maximum Gasteiger partial charge on any atom is 0.410 e. The van der Waals surface area contributed by atoms with Gasteiger partial charge in [-0.25, -0.2) is 4.79 Å². The molecule has 1 N–H and O–H groups in total. The minimum absolute atomic E-state index is 0.272. The van der Waals surface area contributed by atoms with E-state index in [4.69, 9.17) is 9.84 Å². The Morgan fingerprint density at radius 1 is 1.32 bits per heavy atom. The van der Waals surface area contributed by atoms with Crippen LogP contribution in [-0.2, 0) is 9.53 Å². The van der Waals surface area contributed by atoms with Crippen LogP contribution < -0.4 is 0 Å². The predicted molar refractivity (Wildman–Crippen MR) is 69.9 cm³/mol. The Bertz CT molecular complexity index is 387. The number of hydrogen-bond acceptors (Lipinski definition) is 3. The maximum atomic E-state index is 12.3. The van der Waals surface area contributed by atoms with E-state index in [2.05, 4.69) is 0 Å². The molecule has 1 aliphatic heterocycles. The SMILES string of the molecule is CC(C)(C)OC(=O)N1CCCC12CCC(C(=O)O)C2. The minimum atomic E-state index is -0.743. The lowest BCUT2D eigenvalue weighted by Gasteiger charge is -2.36. The van der Waals surface area contributed by atoms with Gasteiger partial charge in [0.2, 0.25) is 0 Å². The molecule has 1 aliphatic carbocycles. The molecule has 19 heavy (non-hydrogen) atoms. The van der Waals surface area contributed by atoms with Gasteiger partial charge in [-0.2, -0.15) is 0 Å². The summed E-state index contributed by atoms with van der Waals surface area (Å²) in [5.41, 5.74) is -0.781. The van der Waals surface area contributed by atoms with Crippen LogP contribution in [0.5, 0.6) is 0 Å². The molecule has 0 bridgehead atoms. The third-order valence-electron chi connectivity index (χ3n) is 4.14. The molecule has 108 valence electrons. The molecule has 2 unspecified atom stereocenters. The van der Waals surface area contributed by atoms with Gasteiger partial charge in [-0.15, -0.1) is 0 Å². The smallest absolute Gasteiger partial charge is 0.410 e. The lowest BCUT2D eigenvalue weighted by molar-refractivity contribution is -0.141. The molecular weight excluding hydrogens is 246 g/mol. The van der Waals surface area contributed by atoms with E-state index in [1.165, 1.54) is 0 Å². The van der Waals surface area contributed by atoms with Gasteiger partial charge in [0.15, 0.2) is 0 Å². The first-order valence-corrected chi connectivity index (χ1v) is 6.97. The second-order valence-corrected chi connectivity index (χ2v) is 6.74. The number of rotatable bonds is 1. The number of ether oxygens (including phenoxy) is 1. The van der Waals surface area contributed by atoms with Crippen LogP contribution in [0.3, 0.4) is 0 Å². The van der Waals surface area contributed by atoms with E-state index in [9.17, 15) is 9.59 Å². The van der Waals surface area contributed by atoms with Gasteiger partial charge in [-0.3, -0.25) is 4.79 Å². The van der Waals surface area contributed by atoms with Crippen molar-refractivity contribution < 1.29 is 19.4 Å². The number of carbonyl (C=O) groups excluding carboxylic acids is 1. The van der Waals surface area contributed by atoms with E-state index < -0.39 is 11.6 Å². The van der Waals surface area contributed by atoms with Crippen LogP contribution in [0.25, 0.3) is 0 Å². The number of carboxylic acids is 1. The first kappa shape index (κ1) is 14.2. The van der Waals surface area contributed by atoms with Crippen molar-refractivity contribution in [1.29, 1.82) is 0 Å². The van der Waals surface area contributed by atoms with E-state index in [1.54, 1.807) is 4.90 Å². The molecular formula is C14H23NO4. The van der Waals surface area contributed by atoms with Crippen LogP contribution in [0, 0.1) is 5.92 Å². The highest BCUT2D eigenvalue weighted by Crippen LogP contribution is 2.46. The number of nitrogens with zero attached hydrogens (tertiary/aromatic N) is 1. The summed E-state index contributed by atoms with van der Waals surface area (Å²) >= 11 is 0. The largest absolute Gasteiger partial charge is 0.481 e. The van der Waals surface area contributed by atoms with E-state index in [0.717, 1.165) is 19.3 Å². The van der Waals surface area contributed by atoms with Crippen molar-refractivity contribution in [1.82, 2.24) is 4.90 Å². The first-order valence-electron chi connectivity index (χ1n) is 6.97. The Kier molecular flexibility index (Phi) is 3.49. The fourth-order valence-electron chi connectivity index (χ4n) is 3.33. The average molecular weight is 269 g/mol. The zero-order valence-corrected chi connectivity index (χ0v) is 11.9. The normalized spacial score (nSPS) is 30.9. The number of likely N-dealkylation sites (tertiary alicyclic amines) is 1. The van der Waals surface area contributed by atoms with Gasteiger partial charge >= 0.3 is 12.1 Å². The molecule has 1 saturated heterocycles. The molecule has 0 aromatic heterocycles. The van der Waals surface area contributed by atoms with Crippen molar-refractivity contribution in [3.05, 3.63) is 0 Å². The zero-order valence-electron chi connectivity index (χ0n) is 11.9. The molecule has 1 spiro atoms. The Hall–Kier alpha value is -1.26. The Balaban J connectivity index is 2.09. The summed E-state index contributed by atoms with van der Waals surface area (Å²) in [6.45, 7) is 6.23. The molecule has 2 fully saturated rings. The predicted octanol–water partition coefficient (Wildman–Crippen LogP) is 2.64. The van der Waals surface area contributed by atoms with Crippen molar-refractivity contribution in [3.63, 3.8) is 0 Å². The van der Waals surface area contributed by atoms with E-state index >= 15 is 0 Å². The first-order chi connectivity index (χ1) is 8.73. The van der Waals surface area contributed by atoms with Crippen LogP contribution in [0.15, 0.2) is 0 Å². The third-order valence-corrected chi connectivity index (χ3v) is 4.14. The zero-order chi connectivity index (χ0) is 14.3. The molecule has 0 aromatic rings. The van der Waals surface area contributed by atoms with Gasteiger partial charge in [0.1, 0.15) is 5.60 Å². The fourth-order valence-corrected chi connectivity index (χ4v) is 3.33. The summed E-state index contributed by atoms with van der Waals surface area (Å²) in [5, 5.41) is 9.13. The molecule has 2 atom stereocenters. The molecule has 5 nitrogen and oxygen atoms in total. The third kappa shape index (κ3) is 2.85. The fraction of sp³-hybridized carbons (Fsp3) is 0.857. The summed E-state index contributed by atoms with van der Waals surface area (Å²) in [4.78, 5) is 25.1. The average Bonchev–Trinajstić information content (AvgIpc) is 2.84. The molecule has 0 aromatic carbocycles. The highest BCUT2D eigenvalue weighted by molar-refractivity contribution is 5.73. The summed E-state index contributed by atoms with van der Waals surface area (Å²) < 4.78 is 5.44. The lowest BCUT2D eigenvalue weighted by Crippen LogP contribution is -2.47. The minimum Gasteiger partial charge on any atom is -0.481 e. The van der Waals surface area contributed by atoms with Crippen LogP contribution in [0.2, 0.25) is 0 Å². The number of amides is 1. The second kappa shape index (κ2) is 4.69. The highest BCUT2D eigenvalue weighted by atomic mass is 16.6. The van der Waals surface area contributed by atoms with Crippen LogP contribution in [0.1, 0.15) is 52.9 Å². The van der Waals surface area contributed by atoms with Crippen LogP contribution in [-0.4, -0.2) is 39.8 Å². The standard InChI is InChI=1S/C14H23NO4/c1-13(2,3)19-12(18)15-8-4-6-14(15)7-5-10(9-14)11(16)17/h10H,4-9H2,1-3H3,(H,16,17). The molecule has 2 rings (SSSR count). The number of carboxylic acid groups (broad SMARTS) is 1. The van der Waals surface area contributed by atoms with Gasteiger partial charge < -0.3 is 14.7 Å². The van der Waals surface area contributed by atoms with Gasteiger partial charge in [-0.05, 0) is 52.9 Å². The van der Waals surface area contributed by atoms with Gasteiger partial charge in [-0.1, -0.05) is 0 Å². The van der Waals surface area contributed by atoms with Crippen LogP contribution in [0.4, 0.5) is 4.79 Å². The molecule has 5 heteroatoms. The topological polar surface area (TPSA) is 66.8 Å². The van der Waals surface area contributed by atoms with Gasteiger partial charge in [0, 0.05) is 12.1 Å². The van der Waals surface area contributed by atoms with Crippen molar-refractivity contribution >= 4 is 12.1 Å². The lowest BCUT2D eigenvalue weighted by atomic mass is 9.93. The van der Waals surface area contributed by atoms with E-state index in [-0.39, 0.29) is 17.6 Å².